The van der Waals surface area contributed by atoms with Crippen molar-refractivity contribution in [1.82, 2.24) is 14.7 Å². The number of benzene rings is 1. The number of hydrogen-bond donors (Lipinski definition) is 1. The highest BCUT2D eigenvalue weighted by Gasteiger charge is 2.06. The van der Waals surface area contributed by atoms with Gasteiger partial charge in [0, 0.05) is 24.5 Å². The van der Waals surface area contributed by atoms with E-state index in [1.165, 1.54) is 0 Å². The first-order valence-corrected chi connectivity index (χ1v) is 7.31. The summed E-state index contributed by atoms with van der Waals surface area (Å²) in [7, 11) is 0. The summed E-state index contributed by atoms with van der Waals surface area (Å²) in [6.07, 6.45) is 5.51. The van der Waals surface area contributed by atoms with Crippen LogP contribution in [0.4, 0.5) is 0 Å². The molecule has 3 aromatic rings. The van der Waals surface area contributed by atoms with Crippen molar-refractivity contribution < 1.29 is 9.53 Å². The van der Waals surface area contributed by atoms with Gasteiger partial charge in [-0.1, -0.05) is 18.2 Å². The van der Waals surface area contributed by atoms with Crippen molar-refractivity contribution in [3.63, 3.8) is 0 Å². The van der Waals surface area contributed by atoms with E-state index >= 15 is 0 Å². The lowest BCUT2D eigenvalue weighted by molar-refractivity contribution is 0.0957. The zero-order valence-corrected chi connectivity index (χ0v) is 12.6. The molecule has 2 aromatic heterocycles. The molecule has 0 aliphatic rings. The molecule has 3 rings (SSSR count). The van der Waals surface area contributed by atoms with Gasteiger partial charge in [0.2, 0.25) is 0 Å². The number of carbonyl (C=O) groups excluding carboxylic acids is 1. The highest BCUT2D eigenvalue weighted by molar-refractivity contribution is 5.94. The first-order chi connectivity index (χ1) is 11.3. The summed E-state index contributed by atoms with van der Waals surface area (Å²) >= 11 is 0. The molecule has 2 heterocycles. The standard InChI is InChI=1S/C18H17N3O2/c1-2-9-19-18(22)14-6-5-7-16(11-14)23-13-15-12-21-10-4-3-8-17(21)20-15/h2-8,10-12H,1,9,13H2,(H,19,22). The van der Waals surface area contributed by atoms with Crippen molar-refractivity contribution in [3.8, 4) is 5.75 Å². The molecule has 0 aliphatic carbocycles. The molecule has 23 heavy (non-hydrogen) atoms. The largest absolute Gasteiger partial charge is 0.487 e. The van der Waals surface area contributed by atoms with Crippen molar-refractivity contribution in [1.29, 1.82) is 0 Å². The van der Waals surface area contributed by atoms with E-state index in [1.807, 2.05) is 41.1 Å². The second kappa shape index (κ2) is 6.79. The van der Waals surface area contributed by atoms with E-state index in [4.69, 9.17) is 4.74 Å². The fraction of sp³-hybridized carbons (Fsp3) is 0.111. The molecule has 0 radical (unpaired) electrons. The second-order valence-corrected chi connectivity index (χ2v) is 5.01. The third kappa shape index (κ3) is 3.58. The maximum Gasteiger partial charge on any atom is 0.251 e. The van der Waals surface area contributed by atoms with Gasteiger partial charge in [-0.3, -0.25) is 4.79 Å². The molecule has 0 saturated heterocycles. The molecule has 1 N–H and O–H groups in total. The Balaban J connectivity index is 1.68. The molecule has 5 heteroatoms. The van der Waals surface area contributed by atoms with Crippen LogP contribution in [0.2, 0.25) is 0 Å². The van der Waals surface area contributed by atoms with Gasteiger partial charge in [0.1, 0.15) is 18.0 Å². The third-order valence-corrected chi connectivity index (χ3v) is 3.30. The van der Waals surface area contributed by atoms with E-state index in [9.17, 15) is 4.79 Å². The summed E-state index contributed by atoms with van der Waals surface area (Å²) < 4.78 is 7.68. The van der Waals surface area contributed by atoms with Crippen LogP contribution in [0.1, 0.15) is 16.1 Å². The highest BCUT2D eigenvalue weighted by Crippen LogP contribution is 2.15. The van der Waals surface area contributed by atoms with Crippen molar-refractivity contribution >= 4 is 11.6 Å². The molecule has 0 fully saturated rings. The average Bonchev–Trinajstić information content (AvgIpc) is 3.01. The molecule has 0 bridgehead atoms. The SMILES string of the molecule is C=CCNC(=O)c1cccc(OCc2cn3ccccc3n2)c1. The van der Waals surface area contributed by atoms with Crippen molar-refractivity contribution in [2.24, 2.45) is 0 Å². The fourth-order valence-corrected chi connectivity index (χ4v) is 2.21. The van der Waals surface area contributed by atoms with E-state index in [0.717, 1.165) is 11.3 Å². The predicted octanol–water partition coefficient (Wildman–Crippen LogP) is 2.83. The van der Waals surface area contributed by atoms with Gasteiger partial charge >= 0.3 is 0 Å². The number of hydrogen-bond acceptors (Lipinski definition) is 3. The molecule has 116 valence electrons. The molecular formula is C18H17N3O2. The van der Waals surface area contributed by atoms with Crippen molar-refractivity contribution in [2.45, 2.75) is 6.61 Å². The van der Waals surface area contributed by atoms with Gasteiger partial charge in [0.25, 0.3) is 5.91 Å². The minimum absolute atomic E-state index is 0.150. The van der Waals surface area contributed by atoms with Crippen LogP contribution in [-0.2, 0) is 6.61 Å². The maximum absolute atomic E-state index is 11.9. The lowest BCUT2D eigenvalue weighted by atomic mass is 10.2. The number of nitrogens with zero attached hydrogens (tertiary/aromatic N) is 2. The van der Waals surface area contributed by atoms with Gasteiger partial charge in [-0.2, -0.15) is 0 Å². The predicted molar refractivity (Wildman–Crippen MR) is 88.5 cm³/mol. The first-order valence-electron chi connectivity index (χ1n) is 7.31. The fourth-order valence-electron chi connectivity index (χ4n) is 2.21. The number of aromatic nitrogens is 2. The number of rotatable bonds is 6. The average molecular weight is 307 g/mol. The summed E-state index contributed by atoms with van der Waals surface area (Å²) in [5, 5.41) is 2.74. The summed E-state index contributed by atoms with van der Waals surface area (Å²) in [5.41, 5.74) is 2.26. The third-order valence-electron chi connectivity index (χ3n) is 3.30. The Bertz CT molecular complexity index is 806. The number of pyridine rings is 1. The Labute approximate surface area is 134 Å². The monoisotopic (exact) mass is 307 g/mol. The number of carbonyl (C=O) groups is 1. The zero-order chi connectivity index (χ0) is 16.1. The van der Waals surface area contributed by atoms with Crippen LogP contribution in [0.3, 0.4) is 0 Å². The minimum atomic E-state index is -0.150. The smallest absolute Gasteiger partial charge is 0.251 e. The number of ether oxygens (including phenoxy) is 1. The Morgan fingerprint density at radius 1 is 1.30 bits per heavy atom. The first kappa shape index (κ1) is 14.8. The van der Waals surface area contributed by atoms with Crippen LogP contribution < -0.4 is 10.1 Å². The number of fused-ring (bicyclic) bond motifs is 1. The number of nitrogens with one attached hydrogen (secondary N) is 1. The minimum Gasteiger partial charge on any atom is -0.487 e. The Morgan fingerprint density at radius 2 is 2.22 bits per heavy atom. The molecule has 1 amide bonds. The molecular weight excluding hydrogens is 290 g/mol. The van der Waals surface area contributed by atoms with Gasteiger partial charge in [0.15, 0.2) is 0 Å². The number of amides is 1. The Morgan fingerprint density at radius 3 is 3.04 bits per heavy atom. The maximum atomic E-state index is 11.9. The quantitative estimate of drug-likeness (QED) is 0.712. The molecule has 5 nitrogen and oxygen atoms in total. The van der Waals surface area contributed by atoms with E-state index in [2.05, 4.69) is 16.9 Å². The van der Waals surface area contributed by atoms with E-state index in [1.54, 1.807) is 24.3 Å². The van der Waals surface area contributed by atoms with Gasteiger partial charge in [0.05, 0.1) is 5.69 Å². The molecule has 0 saturated carbocycles. The van der Waals surface area contributed by atoms with Crippen LogP contribution in [0.25, 0.3) is 5.65 Å². The van der Waals surface area contributed by atoms with E-state index in [-0.39, 0.29) is 5.91 Å². The Kier molecular flexibility index (Phi) is 4.38. The van der Waals surface area contributed by atoms with Crippen LogP contribution >= 0.6 is 0 Å². The molecule has 1 aromatic carbocycles. The number of imidazole rings is 1. The lowest BCUT2D eigenvalue weighted by Crippen LogP contribution is -2.23. The lowest BCUT2D eigenvalue weighted by Gasteiger charge is -2.07. The molecule has 0 atom stereocenters. The van der Waals surface area contributed by atoms with Crippen LogP contribution in [0.5, 0.6) is 5.75 Å². The zero-order valence-electron chi connectivity index (χ0n) is 12.6. The van der Waals surface area contributed by atoms with Crippen molar-refractivity contribution in [2.75, 3.05) is 6.54 Å². The van der Waals surface area contributed by atoms with Gasteiger partial charge in [-0.25, -0.2) is 4.98 Å². The van der Waals surface area contributed by atoms with Gasteiger partial charge in [-0.15, -0.1) is 6.58 Å². The molecule has 0 spiro atoms. The van der Waals surface area contributed by atoms with E-state index < -0.39 is 0 Å². The van der Waals surface area contributed by atoms with Crippen molar-refractivity contribution in [3.05, 3.63) is 78.8 Å². The van der Waals surface area contributed by atoms with Crippen LogP contribution in [0.15, 0.2) is 67.5 Å². The summed E-state index contributed by atoms with van der Waals surface area (Å²) in [5.74, 6) is 0.483. The Hall–Kier alpha value is -3.08. The van der Waals surface area contributed by atoms with Gasteiger partial charge in [-0.05, 0) is 30.3 Å². The summed E-state index contributed by atoms with van der Waals surface area (Å²) in [4.78, 5) is 16.4. The molecule has 0 unspecified atom stereocenters. The summed E-state index contributed by atoms with van der Waals surface area (Å²) in [6.45, 7) is 4.36. The second-order valence-electron chi connectivity index (χ2n) is 5.01. The van der Waals surface area contributed by atoms with Crippen LogP contribution in [0, 0.1) is 0 Å². The van der Waals surface area contributed by atoms with E-state index in [0.29, 0.717) is 24.5 Å². The normalized spacial score (nSPS) is 10.4. The topological polar surface area (TPSA) is 55.6 Å². The summed E-state index contributed by atoms with van der Waals surface area (Å²) in [6, 6.07) is 12.9. The highest BCUT2D eigenvalue weighted by atomic mass is 16.5. The van der Waals surface area contributed by atoms with Crippen LogP contribution in [-0.4, -0.2) is 21.8 Å². The molecule has 0 aliphatic heterocycles. The van der Waals surface area contributed by atoms with Gasteiger partial charge < -0.3 is 14.5 Å².